The molecule has 1 N–H and O–H groups in total. The van der Waals surface area contributed by atoms with Crippen LogP contribution >= 0.6 is 0 Å². The first-order valence-electron chi connectivity index (χ1n) is 12.4. The maximum atomic E-state index is 13.5. The van der Waals surface area contributed by atoms with Crippen LogP contribution in [-0.4, -0.2) is 53.0 Å². The summed E-state index contributed by atoms with van der Waals surface area (Å²) in [6, 6.07) is 20.9. The first-order chi connectivity index (χ1) is 18.2. The number of benzene rings is 2. The predicted octanol–water partition coefficient (Wildman–Crippen LogP) is 3.76. The van der Waals surface area contributed by atoms with Gasteiger partial charge in [0.1, 0.15) is 27.7 Å². The molecule has 1 saturated heterocycles. The topological polar surface area (TPSA) is 112 Å². The Balaban J connectivity index is 1.46. The van der Waals surface area contributed by atoms with Crippen molar-refractivity contribution in [2.45, 2.75) is 38.5 Å². The van der Waals surface area contributed by atoms with Crippen molar-refractivity contribution in [1.82, 2.24) is 19.9 Å². The molecule has 3 heterocycles. The molecular formula is C28H30N4O5S. The van der Waals surface area contributed by atoms with E-state index in [1.165, 1.54) is 0 Å². The third-order valence-corrected chi connectivity index (χ3v) is 8.50. The van der Waals surface area contributed by atoms with Gasteiger partial charge in [-0.15, -0.1) is 0 Å². The number of pyridine rings is 1. The number of hydrogen-bond acceptors (Lipinski definition) is 7. The number of methoxy groups -OCH3 is 1. The summed E-state index contributed by atoms with van der Waals surface area (Å²) in [5.41, 5.74) is 2.40. The number of imidazole rings is 1. The molecule has 1 fully saturated rings. The molecule has 1 aliphatic heterocycles. The number of carbonyl (C=O) groups is 1. The molecule has 9 nitrogen and oxygen atoms in total. The summed E-state index contributed by atoms with van der Waals surface area (Å²) >= 11 is 0. The van der Waals surface area contributed by atoms with Crippen LogP contribution in [0.2, 0.25) is 0 Å². The van der Waals surface area contributed by atoms with Gasteiger partial charge in [0.05, 0.1) is 25.2 Å². The number of carbonyl (C=O) groups excluding carboxylic acids is 1. The summed E-state index contributed by atoms with van der Waals surface area (Å²) in [4.78, 5) is 22.9. The van der Waals surface area contributed by atoms with Crippen LogP contribution in [0.25, 0.3) is 11.2 Å². The lowest BCUT2D eigenvalue weighted by atomic mass is 9.95. The van der Waals surface area contributed by atoms with Crippen LogP contribution in [0.1, 0.15) is 41.5 Å². The minimum absolute atomic E-state index is 0.0513. The first-order valence-corrected chi connectivity index (χ1v) is 14.3. The lowest BCUT2D eigenvalue weighted by molar-refractivity contribution is 0.0885. The molecule has 38 heavy (non-hydrogen) atoms. The number of amides is 1. The van der Waals surface area contributed by atoms with Crippen LogP contribution < -0.4 is 14.8 Å². The molecule has 10 heteroatoms. The molecule has 0 aliphatic carbocycles. The normalized spacial score (nSPS) is 16.2. The first kappa shape index (κ1) is 25.7. The van der Waals surface area contributed by atoms with Gasteiger partial charge in [-0.2, -0.15) is 4.98 Å². The summed E-state index contributed by atoms with van der Waals surface area (Å²) < 4.78 is 36.8. The molecule has 2 aromatic carbocycles. The van der Waals surface area contributed by atoms with Crippen molar-refractivity contribution >= 4 is 26.9 Å². The van der Waals surface area contributed by atoms with E-state index in [4.69, 9.17) is 14.5 Å². The largest absolute Gasteiger partial charge is 0.497 e. The van der Waals surface area contributed by atoms with E-state index in [0.29, 0.717) is 43.0 Å². The molecule has 0 bridgehead atoms. The fraction of sp³-hybridized carbons (Fsp3) is 0.321. The summed E-state index contributed by atoms with van der Waals surface area (Å²) in [5, 5.41) is 3.05. The van der Waals surface area contributed by atoms with Crippen LogP contribution in [0, 0.1) is 0 Å². The van der Waals surface area contributed by atoms with Gasteiger partial charge in [0.2, 0.25) is 11.7 Å². The fourth-order valence-electron chi connectivity index (χ4n) is 4.48. The molecule has 0 unspecified atom stereocenters. The highest BCUT2D eigenvalue weighted by molar-refractivity contribution is 7.91. The molecule has 4 aromatic rings. The number of nitrogens with one attached hydrogen (secondary N) is 1. The summed E-state index contributed by atoms with van der Waals surface area (Å²) in [6.45, 7) is 2.59. The quantitative estimate of drug-likeness (QED) is 0.366. The predicted molar refractivity (Wildman–Crippen MR) is 144 cm³/mol. The molecule has 2 aromatic heterocycles. The zero-order valence-electron chi connectivity index (χ0n) is 21.4. The van der Waals surface area contributed by atoms with Gasteiger partial charge in [0, 0.05) is 11.6 Å². The second kappa shape index (κ2) is 10.4. The van der Waals surface area contributed by atoms with Crippen LogP contribution in [0.5, 0.6) is 11.6 Å². The van der Waals surface area contributed by atoms with Crippen molar-refractivity contribution in [2.75, 3.05) is 18.6 Å². The number of nitrogens with zero attached hydrogens (tertiary/aromatic N) is 3. The Kier molecular flexibility index (Phi) is 7.07. The van der Waals surface area contributed by atoms with Gasteiger partial charge in [-0.3, -0.25) is 9.36 Å². The number of hydrogen-bond donors (Lipinski definition) is 1. The van der Waals surface area contributed by atoms with E-state index in [1.54, 1.807) is 23.8 Å². The Morgan fingerprint density at radius 1 is 0.974 bits per heavy atom. The Hall–Kier alpha value is -3.92. The fourth-order valence-corrected chi connectivity index (χ4v) is 6.20. The molecular weight excluding hydrogens is 504 g/mol. The van der Waals surface area contributed by atoms with E-state index < -0.39 is 15.4 Å². The Labute approximate surface area is 221 Å². The van der Waals surface area contributed by atoms with Crippen LogP contribution in [0.3, 0.4) is 0 Å². The van der Waals surface area contributed by atoms with Crippen molar-refractivity contribution in [3.63, 3.8) is 0 Å². The third kappa shape index (κ3) is 5.80. The number of aromatic nitrogens is 3. The number of ether oxygens (including phenoxy) is 2. The molecule has 0 spiro atoms. The summed E-state index contributed by atoms with van der Waals surface area (Å²) in [7, 11) is -1.46. The van der Waals surface area contributed by atoms with Gasteiger partial charge in [-0.1, -0.05) is 42.5 Å². The third-order valence-electron chi connectivity index (χ3n) is 6.84. The monoisotopic (exact) mass is 534 g/mol. The molecule has 1 aliphatic rings. The van der Waals surface area contributed by atoms with Crippen LogP contribution in [0.4, 0.5) is 0 Å². The summed E-state index contributed by atoms with van der Waals surface area (Å²) in [6.07, 6.45) is 0.713. The van der Waals surface area contributed by atoms with Gasteiger partial charge in [-0.05, 0) is 49.1 Å². The minimum atomic E-state index is -3.07. The smallest absolute Gasteiger partial charge is 0.287 e. The van der Waals surface area contributed by atoms with Crippen molar-refractivity contribution in [1.29, 1.82) is 0 Å². The number of sulfone groups is 1. The molecule has 0 radical (unpaired) electrons. The van der Waals surface area contributed by atoms with Crippen LogP contribution in [0.15, 0.2) is 66.7 Å². The number of fused-ring (bicyclic) bond motifs is 1. The van der Waals surface area contributed by atoms with E-state index in [9.17, 15) is 13.2 Å². The second-order valence-electron chi connectivity index (χ2n) is 9.80. The van der Waals surface area contributed by atoms with Crippen molar-refractivity contribution < 1.29 is 22.7 Å². The highest BCUT2D eigenvalue weighted by atomic mass is 32.2. The average molecular weight is 535 g/mol. The van der Waals surface area contributed by atoms with Crippen molar-refractivity contribution in [3.05, 3.63) is 83.7 Å². The summed E-state index contributed by atoms with van der Waals surface area (Å²) in [5.74, 6) is 1.10. The molecule has 198 valence electrons. The SMILES string of the molecule is COc1ccc(Cn2c(C(=O)NC3(C)CCS(=O)(=O)CC3)nc3ccc(OCc4ccccc4)nc32)cc1. The minimum Gasteiger partial charge on any atom is -0.497 e. The highest BCUT2D eigenvalue weighted by Gasteiger charge is 2.35. The van der Waals surface area contributed by atoms with Gasteiger partial charge < -0.3 is 14.8 Å². The molecule has 5 rings (SSSR count). The Morgan fingerprint density at radius 2 is 1.68 bits per heavy atom. The van der Waals surface area contributed by atoms with E-state index in [1.807, 2.05) is 61.5 Å². The number of rotatable bonds is 8. The maximum absolute atomic E-state index is 13.5. The molecule has 1 amide bonds. The molecule has 0 atom stereocenters. The van der Waals surface area contributed by atoms with Crippen LogP contribution in [-0.2, 0) is 23.0 Å². The zero-order chi connectivity index (χ0) is 26.8. The van der Waals surface area contributed by atoms with E-state index in [2.05, 4.69) is 10.3 Å². The van der Waals surface area contributed by atoms with Crippen molar-refractivity contribution in [2.24, 2.45) is 0 Å². The van der Waals surface area contributed by atoms with Gasteiger partial charge in [-0.25, -0.2) is 13.4 Å². The van der Waals surface area contributed by atoms with Gasteiger partial charge >= 0.3 is 0 Å². The van der Waals surface area contributed by atoms with E-state index in [-0.39, 0.29) is 23.2 Å². The van der Waals surface area contributed by atoms with Gasteiger partial charge in [0.25, 0.3) is 5.91 Å². The lowest BCUT2D eigenvalue weighted by Crippen LogP contribution is -2.51. The lowest BCUT2D eigenvalue weighted by Gasteiger charge is -2.34. The molecule has 0 saturated carbocycles. The van der Waals surface area contributed by atoms with E-state index in [0.717, 1.165) is 16.9 Å². The second-order valence-corrected chi connectivity index (χ2v) is 12.1. The van der Waals surface area contributed by atoms with Gasteiger partial charge in [0.15, 0.2) is 5.65 Å². The zero-order valence-corrected chi connectivity index (χ0v) is 22.2. The van der Waals surface area contributed by atoms with Crippen molar-refractivity contribution in [3.8, 4) is 11.6 Å². The highest BCUT2D eigenvalue weighted by Crippen LogP contribution is 2.26. The van der Waals surface area contributed by atoms with E-state index >= 15 is 0 Å². The maximum Gasteiger partial charge on any atom is 0.287 e. The average Bonchev–Trinajstić information content (AvgIpc) is 3.28. The standard InChI is InChI=1S/C28H30N4O5S/c1-28(14-16-38(34,35)17-15-28)31-27(33)26-29-23-12-13-24(37-19-21-6-4-3-5-7-21)30-25(23)32(26)18-20-8-10-22(36-2)11-9-20/h3-13H,14-19H2,1-2H3,(H,31,33). The Morgan fingerprint density at radius 3 is 2.37 bits per heavy atom. The Bertz CT molecular complexity index is 1540.